The van der Waals surface area contributed by atoms with Crippen molar-refractivity contribution < 1.29 is 9.53 Å². The zero-order valence-corrected chi connectivity index (χ0v) is 18.9. The van der Waals surface area contributed by atoms with Crippen molar-refractivity contribution in [1.82, 2.24) is 9.97 Å². The van der Waals surface area contributed by atoms with E-state index >= 15 is 0 Å². The predicted octanol–water partition coefficient (Wildman–Crippen LogP) is 5.93. The van der Waals surface area contributed by atoms with Gasteiger partial charge in [0.25, 0.3) is 0 Å². The molecule has 1 heterocycles. The second-order valence-corrected chi connectivity index (χ2v) is 7.51. The summed E-state index contributed by atoms with van der Waals surface area (Å²) in [7, 11) is 1.64. The number of amides is 1. The first kappa shape index (κ1) is 22.5. The third kappa shape index (κ3) is 6.43. The maximum Gasteiger partial charge on any atom is 0.248 e. The number of hydrogen-bond donors (Lipinski definition) is 3. The van der Waals surface area contributed by atoms with E-state index in [1.54, 1.807) is 13.2 Å². The first-order chi connectivity index (χ1) is 16.6. The second-order valence-electron chi connectivity index (χ2n) is 7.51. The highest BCUT2D eigenvalue weighted by Crippen LogP contribution is 2.22. The van der Waals surface area contributed by atoms with Crippen LogP contribution in [0.2, 0.25) is 0 Å². The van der Waals surface area contributed by atoms with Gasteiger partial charge in [0, 0.05) is 34.9 Å². The van der Waals surface area contributed by atoms with Crippen LogP contribution in [-0.2, 0) is 4.79 Å². The molecule has 0 unspecified atom stereocenters. The molecule has 170 valence electrons. The molecular weight excluding hydrogens is 426 g/mol. The highest BCUT2D eigenvalue weighted by Gasteiger charge is 2.05. The molecule has 7 nitrogen and oxygen atoms in total. The molecule has 4 rings (SSSR count). The minimum absolute atomic E-state index is 0.194. The fraction of sp³-hybridized carbons (Fsp3) is 0.0741. The number of carbonyl (C=O) groups excluding carboxylic acids is 1. The topological polar surface area (TPSA) is 88.2 Å². The Kier molecular flexibility index (Phi) is 7.15. The van der Waals surface area contributed by atoms with Gasteiger partial charge in [-0.05, 0) is 67.1 Å². The quantitative estimate of drug-likeness (QED) is 0.288. The van der Waals surface area contributed by atoms with Gasteiger partial charge in [-0.25, -0.2) is 4.98 Å². The van der Waals surface area contributed by atoms with Gasteiger partial charge in [0.05, 0.1) is 7.11 Å². The highest BCUT2D eigenvalue weighted by molar-refractivity contribution is 6.02. The lowest BCUT2D eigenvalue weighted by Gasteiger charge is -2.11. The van der Waals surface area contributed by atoms with E-state index < -0.39 is 0 Å². The van der Waals surface area contributed by atoms with E-state index in [1.807, 2.05) is 91.9 Å². The molecule has 7 heteroatoms. The molecule has 0 saturated carbocycles. The van der Waals surface area contributed by atoms with Gasteiger partial charge in [0.15, 0.2) is 0 Å². The van der Waals surface area contributed by atoms with Crippen LogP contribution in [0.25, 0.3) is 6.08 Å². The predicted molar refractivity (Wildman–Crippen MR) is 137 cm³/mol. The monoisotopic (exact) mass is 451 g/mol. The maximum absolute atomic E-state index is 12.2. The largest absolute Gasteiger partial charge is 0.497 e. The standard InChI is InChI=1S/C27H25N5O2/c1-19-18-25(29-21-13-15-24(34-2)16-14-21)32-27(28-19)31-23-11-9-22(10-12-23)30-26(33)17-8-20-6-4-3-5-7-20/h3-18H,1-2H3,(H,30,33)(H2,28,29,31,32)/b17-8+. The summed E-state index contributed by atoms with van der Waals surface area (Å²) in [6.07, 6.45) is 3.29. The number of rotatable bonds is 8. The normalized spacial score (nSPS) is 10.6. The Labute approximate surface area is 198 Å². The fourth-order valence-electron chi connectivity index (χ4n) is 3.20. The molecule has 0 spiro atoms. The molecule has 0 fully saturated rings. The molecule has 0 atom stereocenters. The Morgan fingerprint density at radius 1 is 0.824 bits per heavy atom. The first-order valence-electron chi connectivity index (χ1n) is 10.8. The lowest BCUT2D eigenvalue weighted by molar-refractivity contribution is -0.111. The number of hydrogen-bond acceptors (Lipinski definition) is 6. The fourth-order valence-corrected chi connectivity index (χ4v) is 3.20. The number of ether oxygens (including phenoxy) is 1. The molecule has 34 heavy (non-hydrogen) atoms. The van der Waals surface area contributed by atoms with Crippen LogP contribution in [-0.4, -0.2) is 23.0 Å². The van der Waals surface area contributed by atoms with Crippen molar-refractivity contribution in [3.63, 3.8) is 0 Å². The first-order valence-corrected chi connectivity index (χ1v) is 10.8. The van der Waals surface area contributed by atoms with Crippen LogP contribution in [0.4, 0.5) is 28.8 Å². The summed E-state index contributed by atoms with van der Waals surface area (Å²) < 4.78 is 5.19. The highest BCUT2D eigenvalue weighted by atomic mass is 16.5. The van der Waals surface area contributed by atoms with Gasteiger partial charge in [0.2, 0.25) is 11.9 Å². The zero-order chi connectivity index (χ0) is 23.8. The molecule has 1 aromatic heterocycles. The van der Waals surface area contributed by atoms with Crippen molar-refractivity contribution in [2.75, 3.05) is 23.1 Å². The molecule has 0 aliphatic heterocycles. The number of anilines is 5. The summed E-state index contributed by atoms with van der Waals surface area (Å²) in [5.41, 5.74) is 4.18. The van der Waals surface area contributed by atoms with Crippen LogP contribution in [0.5, 0.6) is 5.75 Å². The average molecular weight is 452 g/mol. The van der Waals surface area contributed by atoms with E-state index in [9.17, 15) is 4.79 Å². The molecule has 4 aromatic rings. The van der Waals surface area contributed by atoms with Gasteiger partial charge in [-0.1, -0.05) is 30.3 Å². The van der Waals surface area contributed by atoms with Crippen LogP contribution in [0.1, 0.15) is 11.3 Å². The maximum atomic E-state index is 12.2. The van der Waals surface area contributed by atoms with Gasteiger partial charge in [-0.3, -0.25) is 4.79 Å². The number of methoxy groups -OCH3 is 1. The van der Waals surface area contributed by atoms with Crippen LogP contribution < -0.4 is 20.7 Å². The smallest absolute Gasteiger partial charge is 0.248 e. The lowest BCUT2D eigenvalue weighted by Crippen LogP contribution is -2.07. The van der Waals surface area contributed by atoms with Crippen molar-refractivity contribution in [1.29, 1.82) is 0 Å². The Morgan fingerprint density at radius 3 is 2.18 bits per heavy atom. The van der Waals surface area contributed by atoms with Crippen LogP contribution >= 0.6 is 0 Å². The molecule has 1 amide bonds. The molecule has 0 radical (unpaired) electrons. The van der Waals surface area contributed by atoms with Crippen molar-refractivity contribution in [3.05, 3.63) is 102 Å². The summed E-state index contributed by atoms with van der Waals surface area (Å²) in [5, 5.41) is 9.34. The number of nitrogens with zero attached hydrogens (tertiary/aromatic N) is 2. The minimum atomic E-state index is -0.194. The Balaban J connectivity index is 1.37. The van der Waals surface area contributed by atoms with Crippen molar-refractivity contribution in [2.45, 2.75) is 6.92 Å². The number of aromatic nitrogens is 2. The summed E-state index contributed by atoms with van der Waals surface area (Å²) in [6, 6.07) is 26.5. The number of aryl methyl sites for hydroxylation is 1. The summed E-state index contributed by atoms with van der Waals surface area (Å²) in [4.78, 5) is 21.2. The number of carbonyl (C=O) groups is 1. The SMILES string of the molecule is COc1ccc(Nc2cc(C)nc(Nc3ccc(NC(=O)/C=C/c4ccccc4)cc3)n2)cc1. The Morgan fingerprint density at radius 2 is 1.47 bits per heavy atom. The third-order valence-corrected chi connectivity index (χ3v) is 4.85. The van der Waals surface area contributed by atoms with Gasteiger partial charge < -0.3 is 20.7 Å². The second kappa shape index (κ2) is 10.8. The van der Waals surface area contributed by atoms with Gasteiger partial charge in [-0.2, -0.15) is 4.98 Å². The van der Waals surface area contributed by atoms with E-state index in [4.69, 9.17) is 4.74 Å². The molecule has 0 bridgehead atoms. The van der Waals surface area contributed by atoms with Crippen LogP contribution in [0.15, 0.2) is 91.0 Å². The van der Waals surface area contributed by atoms with E-state index in [-0.39, 0.29) is 5.91 Å². The molecule has 3 N–H and O–H groups in total. The minimum Gasteiger partial charge on any atom is -0.497 e. The summed E-state index contributed by atoms with van der Waals surface area (Å²) in [5.74, 6) is 1.74. The van der Waals surface area contributed by atoms with E-state index in [1.165, 1.54) is 6.08 Å². The zero-order valence-electron chi connectivity index (χ0n) is 18.9. The van der Waals surface area contributed by atoms with Crippen molar-refractivity contribution in [3.8, 4) is 5.75 Å². The number of nitrogens with one attached hydrogen (secondary N) is 3. The Hall–Kier alpha value is -4.65. The van der Waals surface area contributed by atoms with Gasteiger partial charge >= 0.3 is 0 Å². The molecule has 0 aliphatic rings. The molecular formula is C27H25N5O2. The van der Waals surface area contributed by atoms with Gasteiger partial charge in [-0.15, -0.1) is 0 Å². The molecule has 0 saturated heterocycles. The third-order valence-electron chi connectivity index (χ3n) is 4.85. The van der Waals surface area contributed by atoms with E-state index in [0.717, 1.165) is 28.4 Å². The van der Waals surface area contributed by atoms with Gasteiger partial charge in [0.1, 0.15) is 11.6 Å². The Bertz CT molecular complexity index is 1270. The molecule has 0 aliphatic carbocycles. The van der Waals surface area contributed by atoms with E-state index in [0.29, 0.717) is 17.5 Å². The summed E-state index contributed by atoms with van der Waals surface area (Å²) in [6.45, 7) is 1.91. The molecule has 3 aromatic carbocycles. The van der Waals surface area contributed by atoms with E-state index in [2.05, 4.69) is 25.9 Å². The summed E-state index contributed by atoms with van der Waals surface area (Å²) >= 11 is 0. The lowest BCUT2D eigenvalue weighted by atomic mass is 10.2. The van der Waals surface area contributed by atoms with Crippen LogP contribution in [0.3, 0.4) is 0 Å². The average Bonchev–Trinajstić information content (AvgIpc) is 2.85. The van der Waals surface area contributed by atoms with Crippen molar-refractivity contribution >= 4 is 40.8 Å². The number of benzene rings is 3. The van der Waals surface area contributed by atoms with Crippen molar-refractivity contribution in [2.24, 2.45) is 0 Å². The van der Waals surface area contributed by atoms with Crippen LogP contribution in [0, 0.1) is 6.92 Å².